The smallest absolute Gasteiger partial charge is 0.0530 e. The van der Waals surface area contributed by atoms with E-state index in [2.05, 4.69) is 36.1 Å². The summed E-state index contributed by atoms with van der Waals surface area (Å²) < 4.78 is 0. The molecule has 0 saturated heterocycles. The van der Waals surface area contributed by atoms with Gasteiger partial charge >= 0.3 is 0 Å². The Bertz CT molecular complexity index is 646. The van der Waals surface area contributed by atoms with Gasteiger partial charge in [0, 0.05) is 5.12 Å². The van der Waals surface area contributed by atoms with Gasteiger partial charge in [0.2, 0.25) is 0 Å². The van der Waals surface area contributed by atoms with Crippen molar-refractivity contribution in [2.45, 2.75) is 0 Å². The molecule has 0 atom stereocenters. The van der Waals surface area contributed by atoms with E-state index in [0.717, 1.165) is 5.02 Å². The molecular formula is C13H8ClP. The minimum atomic E-state index is 0.861. The summed E-state index contributed by atoms with van der Waals surface area (Å²) in [6.45, 7) is 0. The molecule has 1 heterocycles. The fourth-order valence-electron chi connectivity index (χ4n) is 1.85. The highest BCUT2D eigenvalue weighted by Crippen LogP contribution is 2.35. The Morgan fingerprint density at radius 2 is 1.67 bits per heavy atom. The Hall–Kier alpha value is -1.10. The fourth-order valence-corrected chi connectivity index (χ4v) is 3.20. The zero-order chi connectivity index (χ0) is 10.3. The SMILES string of the molecule is Clc1cccc2c1pcc1ccccc12. The van der Waals surface area contributed by atoms with Crippen LogP contribution in [0.3, 0.4) is 0 Å². The summed E-state index contributed by atoms with van der Waals surface area (Å²) in [5, 5.41) is 5.93. The van der Waals surface area contributed by atoms with Crippen LogP contribution in [0.15, 0.2) is 48.3 Å². The standard InChI is InChI=1S/C13H8ClP/c14-12-7-3-6-11-10-5-2-1-4-9(10)8-15-13(11)12/h1-8H. The van der Waals surface area contributed by atoms with E-state index in [0.29, 0.717) is 0 Å². The molecular weight excluding hydrogens is 223 g/mol. The number of hydrogen-bond donors (Lipinski definition) is 0. The Morgan fingerprint density at radius 1 is 0.867 bits per heavy atom. The first-order chi connectivity index (χ1) is 7.36. The number of hydrogen-bond acceptors (Lipinski definition) is 0. The Morgan fingerprint density at radius 3 is 2.60 bits per heavy atom. The lowest BCUT2D eigenvalue weighted by Gasteiger charge is -2.03. The van der Waals surface area contributed by atoms with E-state index >= 15 is 0 Å². The van der Waals surface area contributed by atoms with Crippen LogP contribution in [-0.2, 0) is 0 Å². The van der Waals surface area contributed by atoms with Crippen molar-refractivity contribution < 1.29 is 0 Å². The van der Waals surface area contributed by atoms with Gasteiger partial charge in [-0.3, -0.25) is 0 Å². The molecule has 0 fully saturated rings. The molecule has 0 bridgehead atoms. The van der Waals surface area contributed by atoms with Crippen LogP contribution in [0.25, 0.3) is 21.3 Å². The first-order valence-electron chi connectivity index (χ1n) is 4.78. The van der Waals surface area contributed by atoms with Crippen molar-refractivity contribution in [2.24, 2.45) is 0 Å². The van der Waals surface area contributed by atoms with Gasteiger partial charge in [0.25, 0.3) is 0 Å². The summed E-state index contributed by atoms with van der Waals surface area (Å²) >= 11 is 6.18. The third-order valence-corrected chi connectivity index (χ3v) is 4.16. The average Bonchev–Trinajstić information content (AvgIpc) is 2.29. The van der Waals surface area contributed by atoms with Crippen molar-refractivity contribution in [3.63, 3.8) is 0 Å². The van der Waals surface area contributed by atoms with Crippen molar-refractivity contribution in [3.05, 3.63) is 53.3 Å². The predicted molar refractivity (Wildman–Crippen MR) is 69.0 cm³/mol. The lowest BCUT2D eigenvalue weighted by atomic mass is 10.1. The first-order valence-corrected chi connectivity index (χ1v) is 6.12. The summed E-state index contributed by atoms with van der Waals surface area (Å²) in [7, 11) is 1.19. The maximum Gasteiger partial charge on any atom is 0.0530 e. The highest BCUT2D eigenvalue weighted by atomic mass is 35.5. The van der Waals surface area contributed by atoms with Crippen molar-refractivity contribution in [2.75, 3.05) is 0 Å². The minimum Gasteiger partial charge on any atom is -0.0833 e. The molecule has 15 heavy (non-hydrogen) atoms. The number of rotatable bonds is 0. The zero-order valence-electron chi connectivity index (χ0n) is 7.94. The monoisotopic (exact) mass is 230 g/mol. The van der Waals surface area contributed by atoms with Gasteiger partial charge < -0.3 is 0 Å². The van der Waals surface area contributed by atoms with Gasteiger partial charge in [0.1, 0.15) is 0 Å². The molecule has 3 rings (SSSR count). The van der Waals surface area contributed by atoms with Crippen molar-refractivity contribution in [3.8, 4) is 0 Å². The van der Waals surface area contributed by atoms with Crippen LogP contribution >= 0.6 is 19.8 Å². The highest BCUT2D eigenvalue weighted by Gasteiger charge is 2.02. The molecule has 0 radical (unpaired) electrons. The van der Waals surface area contributed by atoms with E-state index in [1.54, 1.807) is 0 Å². The second kappa shape index (κ2) is 3.48. The van der Waals surface area contributed by atoms with Crippen molar-refractivity contribution in [1.82, 2.24) is 0 Å². The van der Waals surface area contributed by atoms with Crippen molar-refractivity contribution >= 4 is 41.1 Å². The van der Waals surface area contributed by atoms with Gasteiger partial charge in [-0.05, 0) is 28.0 Å². The Balaban J connectivity index is 2.60. The molecule has 2 aromatic carbocycles. The molecule has 2 heteroatoms. The number of halogens is 1. The summed E-state index contributed by atoms with van der Waals surface area (Å²) in [6, 6.07) is 14.5. The molecule has 0 aliphatic rings. The summed E-state index contributed by atoms with van der Waals surface area (Å²) in [4.78, 5) is 0. The molecule has 72 valence electrons. The molecule has 0 N–H and O–H groups in total. The maximum atomic E-state index is 6.18. The summed E-state index contributed by atoms with van der Waals surface area (Å²) in [5.74, 6) is 2.21. The molecule has 0 saturated carbocycles. The first kappa shape index (κ1) is 9.15. The van der Waals surface area contributed by atoms with Gasteiger partial charge in [0.15, 0.2) is 0 Å². The van der Waals surface area contributed by atoms with Crippen LogP contribution in [0.5, 0.6) is 0 Å². The van der Waals surface area contributed by atoms with Crippen LogP contribution in [0.2, 0.25) is 5.02 Å². The van der Waals surface area contributed by atoms with Gasteiger partial charge in [-0.25, -0.2) is 0 Å². The molecule has 0 aliphatic heterocycles. The molecule has 0 unspecified atom stereocenters. The van der Waals surface area contributed by atoms with E-state index in [1.165, 1.54) is 29.5 Å². The number of fused-ring (bicyclic) bond motifs is 3. The fraction of sp³-hybridized carbons (Fsp3) is 0. The predicted octanol–water partition coefficient (Wildman–Crippen LogP) is 5.23. The minimum absolute atomic E-state index is 0.861. The topological polar surface area (TPSA) is 0 Å². The van der Waals surface area contributed by atoms with Crippen LogP contribution in [0, 0.1) is 0 Å². The molecule has 0 nitrogen and oxygen atoms in total. The maximum absolute atomic E-state index is 6.18. The second-order valence-corrected chi connectivity index (χ2v) is 4.85. The van der Waals surface area contributed by atoms with Gasteiger partial charge in [0.05, 0.1) is 5.02 Å². The third kappa shape index (κ3) is 1.42. The van der Waals surface area contributed by atoms with E-state index in [1.807, 2.05) is 12.1 Å². The van der Waals surface area contributed by atoms with Gasteiger partial charge in [-0.1, -0.05) is 56.2 Å². The lowest BCUT2D eigenvalue weighted by Crippen LogP contribution is -1.74. The summed E-state index contributed by atoms with van der Waals surface area (Å²) in [6.07, 6.45) is 0. The van der Waals surface area contributed by atoms with E-state index in [-0.39, 0.29) is 0 Å². The normalized spacial score (nSPS) is 11.5. The van der Waals surface area contributed by atoms with Gasteiger partial charge in [-0.15, -0.1) is 0 Å². The number of benzene rings is 2. The summed E-state index contributed by atoms with van der Waals surface area (Å²) in [5.41, 5.74) is 0. The largest absolute Gasteiger partial charge is 0.0833 e. The van der Waals surface area contributed by atoms with Gasteiger partial charge in [-0.2, -0.15) is 0 Å². The van der Waals surface area contributed by atoms with E-state index in [4.69, 9.17) is 11.6 Å². The van der Waals surface area contributed by atoms with Crippen LogP contribution in [-0.4, -0.2) is 0 Å². The van der Waals surface area contributed by atoms with E-state index < -0.39 is 0 Å². The molecule has 1 aromatic heterocycles. The van der Waals surface area contributed by atoms with Crippen LogP contribution < -0.4 is 0 Å². The molecule has 0 amide bonds. The molecule has 0 aliphatic carbocycles. The highest BCUT2D eigenvalue weighted by molar-refractivity contribution is 7.37. The molecule has 3 aromatic rings. The average molecular weight is 231 g/mol. The quantitative estimate of drug-likeness (QED) is 0.464. The van der Waals surface area contributed by atoms with Crippen LogP contribution in [0.4, 0.5) is 0 Å². The van der Waals surface area contributed by atoms with Crippen molar-refractivity contribution in [1.29, 1.82) is 0 Å². The lowest BCUT2D eigenvalue weighted by molar-refractivity contribution is 1.81. The Labute approximate surface area is 94.6 Å². The van der Waals surface area contributed by atoms with E-state index in [9.17, 15) is 0 Å². The molecule has 0 spiro atoms. The zero-order valence-corrected chi connectivity index (χ0v) is 9.59. The second-order valence-electron chi connectivity index (χ2n) is 3.48. The Kier molecular flexibility index (Phi) is 2.12. The van der Waals surface area contributed by atoms with Crippen LogP contribution in [0.1, 0.15) is 0 Å². The third-order valence-electron chi connectivity index (χ3n) is 2.57.